The molecule has 1 aromatic carbocycles. The molecule has 0 N–H and O–H groups in total. The lowest BCUT2D eigenvalue weighted by Crippen LogP contribution is -2.48. The third kappa shape index (κ3) is 3.43. The molecule has 1 amide bonds. The van der Waals surface area contributed by atoms with Gasteiger partial charge >= 0.3 is 0 Å². The second-order valence-electron chi connectivity index (χ2n) is 4.89. The number of ether oxygens (including phenoxy) is 1. The number of rotatable bonds is 3. The maximum atomic E-state index is 12.4. The van der Waals surface area contributed by atoms with Crippen molar-refractivity contribution in [1.29, 1.82) is 5.26 Å². The highest BCUT2D eigenvalue weighted by Gasteiger charge is 2.30. The van der Waals surface area contributed by atoms with Crippen molar-refractivity contribution in [2.24, 2.45) is 0 Å². The van der Waals surface area contributed by atoms with Gasteiger partial charge in [-0.2, -0.15) is 5.26 Å². The third-order valence-corrected chi connectivity index (χ3v) is 3.63. The highest BCUT2D eigenvalue weighted by molar-refractivity contribution is 6.30. The molecule has 1 saturated heterocycles. The molecule has 106 valence electrons. The summed E-state index contributed by atoms with van der Waals surface area (Å²) in [5.41, 5.74) is 0. The summed E-state index contributed by atoms with van der Waals surface area (Å²) in [7, 11) is 0. The van der Waals surface area contributed by atoms with E-state index < -0.39 is 6.10 Å². The molecule has 2 rings (SSSR count). The number of benzene rings is 1. The van der Waals surface area contributed by atoms with Crippen LogP contribution in [0.4, 0.5) is 0 Å². The van der Waals surface area contributed by atoms with Crippen LogP contribution in [0.5, 0.6) is 5.75 Å². The number of nitrogens with zero attached hydrogens (tertiary/aromatic N) is 2. The van der Waals surface area contributed by atoms with Crippen LogP contribution in [-0.2, 0) is 4.79 Å². The SMILES string of the molecule is CC(Oc1cccc(Cl)c1)C(=O)N1CCCCC1C#N. The molecular formula is C15H17ClN2O2. The van der Waals surface area contributed by atoms with E-state index in [1.165, 1.54) is 0 Å². The van der Waals surface area contributed by atoms with Gasteiger partial charge < -0.3 is 9.64 Å². The lowest BCUT2D eigenvalue weighted by molar-refractivity contribution is -0.140. The van der Waals surface area contributed by atoms with Gasteiger partial charge in [0.1, 0.15) is 11.8 Å². The quantitative estimate of drug-likeness (QED) is 0.860. The van der Waals surface area contributed by atoms with Gasteiger partial charge in [-0.25, -0.2) is 0 Å². The average Bonchev–Trinajstić information content (AvgIpc) is 2.46. The largest absolute Gasteiger partial charge is 0.481 e. The molecule has 0 spiro atoms. The number of carbonyl (C=O) groups is 1. The van der Waals surface area contributed by atoms with Gasteiger partial charge in [0.15, 0.2) is 6.10 Å². The van der Waals surface area contributed by atoms with E-state index >= 15 is 0 Å². The smallest absolute Gasteiger partial charge is 0.264 e. The van der Waals surface area contributed by atoms with Gasteiger partial charge in [-0.1, -0.05) is 17.7 Å². The molecule has 1 heterocycles. The second kappa shape index (κ2) is 6.62. The highest BCUT2D eigenvalue weighted by Crippen LogP contribution is 2.21. The first-order valence-electron chi connectivity index (χ1n) is 6.74. The van der Waals surface area contributed by atoms with Crippen LogP contribution in [-0.4, -0.2) is 29.5 Å². The van der Waals surface area contributed by atoms with Gasteiger partial charge in [0.2, 0.25) is 0 Å². The maximum Gasteiger partial charge on any atom is 0.264 e. The number of hydrogen-bond donors (Lipinski definition) is 0. The van der Waals surface area contributed by atoms with E-state index in [2.05, 4.69) is 6.07 Å². The predicted octanol–water partition coefficient (Wildman–Crippen LogP) is 3.01. The summed E-state index contributed by atoms with van der Waals surface area (Å²) >= 11 is 5.88. The van der Waals surface area contributed by atoms with E-state index in [1.807, 2.05) is 0 Å². The second-order valence-corrected chi connectivity index (χ2v) is 5.33. The first-order chi connectivity index (χ1) is 9.61. The van der Waals surface area contributed by atoms with E-state index in [0.29, 0.717) is 17.3 Å². The van der Waals surface area contributed by atoms with Crippen molar-refractivity contribution in [3.05, 3.63) is 29.3 Å². The molecule has 5 heteroatoms. The lowest BCUT2D eigenvalue weighted by Gasteiger charge is -2.33. The molecule has 2 atom stereocenters. The monoisotopic (exact) mass is 292 g/mol. The Morgan fingerprint density at radius 1 is 1.55 bits per heavy atom. The summed E-state index contributed by atoms with van der Waals surface area (Å²) in [4.78, 5) is 14.0. The number of likely N-dealkylation sites (tertiary alicyclic amines) is 1. The zero-order chi connectivity index (χ0) is 14.5. The fraction of sp³-hybridized carbons (Fsp3) is 0.467. The van der Waals surface area contributed by atoms with Crippen LogP contribution in [0.2, 0.25) is 5.02 Å². The van der Waals surface area contributed by atoms with Crippen molar-refractivity contribution in [3.8, 4) is 11.8 Å². The molecule has 0 aliphatic carbocycles. The molecule has 1 aromatic rings. The Morgan fingerprint density at radius 3 is 3.05 bits per heavy atom. The molecule has 4 nitrogen and oxygen atoms in total. The Hall–Kier alpha value is -1.73. The summed E-state index contributed by atoms with van der Waals surface area (Å²) in [5.74, 6) is 0.417. The molecule has 1 aliphatic rings. The minimum absolute atomic E-state index is 0.142. The van der Waals surface area contributed by atoms with Crippen LogP contribution in [0.25, 0.3) is 0 Å². The van der Waals surface area contributed by atoms with Crippen LogP contribution < -0.4 is 4.74 Å². The van der Waals surface area contributed by atoms with Crippen molar-refractivity contribution in [1.82, 2.24) is 4.90 Å². The first-order valence-corrected chi connectivity index (χ1v) is 7.12. The topological polar surface area (TPSA) is 53.3 Å². The summed E-state index contributed by atoms with van der Waals surface area (Å²) in [6.45, 7) is 2.33. The molecule has 20 heavy (non-hydrogen) atoms. The zero-order valence-electron chi connectivity index (χ0n) is 11.4. The van der Waals surface area contributed by atoms with Gasteiger partial charge in [0, 0.05) is 11.6 Å². The fourth-order valence-electron chi connectivity index (χ4n) is 2.36. The number of nitriles is 1. The maximum absolute atomic E-state index is 12.4. The molecule has 1 fully saturated rings. The van der Waals surface area contributed by atoms with Crippen molar-refractivity contribution < 1.29 is 9.53 Å². The Kier molecular flexibility index (Phi) is 4.86. The van der Waals surface area contributed by atoms with Crippen molar-refractivity contribution in [2.75, 3.05) is 6.54 Å². The van der Waals surface area contributed by atoms with Crippen molar-refractivity contribution >= 4 is 17.5 Å². The van der Waals surface area contributed by atoms with Crippen LogP contribution in [0.15, 0.2) is 24.3 Å². The van der Waals surface area contributed by atoms with Crippen LogP contribution in [0.1, 0.15) is 26.2 Å². The van der Waals surface area contributed by atoms with Crippen LogP contribution in [0, 0.1) is 11.3 Å². The average molecular weight is 293 g/mol. The number of carbonyl (C=O) groups excluding carboxylic acids is 1. The molecule has 2 unspecified atom stereocenters. The first kappa shape index (κ1) is 14.7. The van der Waals surface area contributed by atoms with Crippen molar-refractivity contribution in [3.63, 3.8) is 0 Å². The minimum Gasteiger partial charge on any atom is -0.481 e. The molecule has 0 bridgehead atoms. The molecule has 0 aromatic heterocycles. The predicted molar refractivity (Wildman–Crippen MR) is 76.5 cm³/mol. The van der Waals surface area contributed by atoms with Crippen LogP contribution >= 0.6 is 11.6 Å². The summed E-state index contributed by atoms with van der Waals surface area (Å²) in [6.07, 6.45) is 2.05. The van der Waals surface area contributed by atoms with Crippen LogP contribution in [0.3, 0.4) is 0 Å². The lowest BCUT2D eigenvalue weighted by atomic mass is 10.0. The Morgan fingerprint density at radius 2 is 2.35 bits per heavy atom. The Balaban J connectivity index is 2.03. The molecule has 0 saturated carbocycles. The fourth-order valence-corrected chi connectivity index (χ4v) is 2.54. The standard InChI is InChI=1S/C15H17ClN2O2/c1-11(20-14-7-4-5-12(16)9-14)15(19)18-8-3-2-6-13(18)10-17/h4-5,7,9,11,13H,2-3,6,8H2,1H3. The van der Waals surface area contributed by atoms with E-state index in [0.717, 1.165) is 19.3 Å². The third-order valence-electron chi connectivity index (χ3n) is 3.39. The van der Waals surface area contributed by atoms with Gasteiger partial charge in [0.25, 0.3) is 5.91 Å². The Labute approximate surface area is 123 Å². The number of amides is 1. The molecule has 1 aliphatic heterocycles. The van der Waals surface area contributed by atoms with E-state index in [4.69, 9.17) is 21.6 Å². The molecule has 0 radical (unpaired) electrons. The zero-order valence-corrected chi connectivity index (χ0v) is 12.1. The van der Waals surface area contributed by atoms with Gasteiger partial charge in [-0.05, 0) is 44.4 Å². The highest BCUT2D eigenvalue weighted by atomic mass is 35.5. The van der Waals surface area contributed by atoms with Gasteiger partial charge in [-0.3, -0.25) is 4.79 Å². The van der Waals surface area contributed by atoms with Gasteiger partial charge in [-0.15, -0.1) is 0 Å². The Bertz CT molecular complexity index is 527. The summed E-state index contributed by atoms with van der Waals surface area (Å²) < 4.78 is 5.62. The number of hydrogen-bond acceptors (Lipinski definition) is 3. The normalized spacial score (nSPS) is 20.1. The minimum atomic E-state index is -0.623. The number of piperidine rings is 1. The van der Waals surface area contributed by atoms with E-state index in [9.17, 15) is 4.79 Å². The summed E-state index contributed by atoms with van der Waals surface area (Å²) in [5, 5.41) is 9.68. The van der Waals surface area contributed by atoms with E-state index in [-0.39, 0.29) is 11.9 Å². The van der Waals surface area contributed by atoms with Gasteiger partial charge in [0.05, 0.1) is 6.07 Å². The van der Waals surface area contributed by atoms with Crippen molar-refractivity contribution in [2.45, 2.75) is 38.3 Å². The molecular weight excluding hydrogens is 276 g/mol. The van der Waals surface area contributed by atoms with E-state index in [1.54, 1.807) is 36.1 Å². The summed E-state index contributed by atoms with van der Waals surface area (Å²) in [6, 6.07) is 8.81. The number of halogens is 1.